The number of rotatable bonds is 6. The third-order valence-electron chi connectivity index (χ3n) is 3.32. The van der Waals surface area contributed by atoms with Crippen molar-refractivity contribution < 1.29 is 4.79 Å². The Labute approximate surface area is 114 Å². The zero-order chi connectivity index (χ0) is 13.5. The number of nitrogens with two attached hydrogens (primary N) is 1. The molecule has 2 aromatic rings. The molecule has 0 spiro atoms. The van der Waals surface area contributed by atoms with Crippen LogP contribution in [0.3, 0.4) is 0 Å². The Morgan fingerprint density at radius 3 is 1.79 bits per heavy atom. The smallest absolute Gasteiger partial charge is 0.217 e. The highest BCUT2D eigenvalue weighted by Gasteiger charge is 2.13. The molecule has 0 saturated heterocycles. The molecule has 2 heteroatoms. The average molecular weight is 253 g/mol. The first-order chi connectivity index (χ1) is 9.27. The van der Waals surface area contributed by atoms with E-state index in [0.717, 1.165) is 12.8 Å². The molecule has 0 saturated carbocycles. The molecule has 2 nitrogen and oxygen atoms in total. The highest BCUT2D eigenvalue weighted by molar-refractivity contribution is 5.73. The van der Waals surface area contributed by atoms with E-state index in [-0.39, 0.29) is 5.91 Å². The molecule has 0 radical (unpaired) electrons. The van der Waals surface area contributed by atoms with Crippen molar-refractivity contribution in [2.75, 3.05) is 0 Å². The van der Waals surface area contributed by atoms with Crippen LogP contribution >= 0.6 is 0 Å². The highest BCUT2D eigenvalue weighted by Crippen LogP contribution is 2.29. The van der Waals surface area contributed by atoms with Gasteiger partial charge in [-0.3, -0.25) is 4.79 Å². The van der Waals surface area contributed by atoms with E-state index in [2.05, 4.69) is 48.5 Å². The summed E-state index contributed by atoms with van der Waals surface area (Å²) in [7, 11) is 0. The lowest BCUT2D eigenvalue weighted by Crippen LogP contribution is -2.11. The number of benzene rings is 2. The largest absolute Gasteiger partial charge is 0.370 e. The standard InChI is InChI=1S/C17H19NO/c18-17(19)13-7-12-16(14-8-3-1-4-9-14)15-10-5-2-6-11-15/h1-6,8-11,16H,7,12-13H2,(H2,18,19). The topological polar surface area (TPSA) is 43.1 Å². The third kappa shape index (κ3) is 3.95. The van der Waals surface area contributed by atoms with Crippen molar-refractivity contribution in [3.63, 3.8) is 0 Å². The molecule has 0 heterocycles. The van der Waals surface area contributed by atoms with Crippen LogP contribution in [0.2, 0.25) is 0 Å². The fourth-order valence-electron chi connectivity index (χ4n) is 2.38. The summed E-state index contributed by atoms with van der Waals surface area (Å²) in [5.74, 6) is 0.113. The second-order valence-electron chi connectivity index (χ2n) is 4.73. The van der Waals surface area contributed by atoms with Crippen molar-refractivity contribution >= 4 is 5.91 Å². The minimum Gasteiger partial charge on any atom is -0.370 e. The number of hydrogen-bond donors (Lipinski definition) is 1. The van der Waals surface area contributed by atoms with Gasteiger partial charge in [0.1, 0.15) is 0 Å². The first-order valence-electron chi connectivity index (χ1n) is 6.65. The molecule has 0 atom stereocenters. The van der Waals surface area contributed by atoms with Crippen molar-refractivity contribution in [2.24, 2.45) is 5.73 Å². The van der Waals surface area contributed by atoms with Gasteiger partial charge in [-0.2, -0.15) is 0 Å². The Bertz CT molecular complexity index is 468. The molecule has 19 heavy (non-hydrogen) atoms. The van der Waals surface area contributed by atoms with Crippen LogP contribution in [0, 0.1) is 0 Å². The predicted octanol–water partition coefficient (Wildman–Crippen LogP) is 3.47. The maximum atomic E-state index is 10.9. The van der Waals surface area contributed by atoms with Crippen molar-refractivity contribution in [1.82, 2.24) is 0 Å². The zero-order valence-electron chi connectivity index (χ0n) is 11.0. The van der Waals surface area contributed by atoms with E-state index in [1.54, 1.807) is 0 Å². The van der Waals surface area contributed by atoms with Gasteiger partial charge in [-0.05, 0) is 24.0 Å². The molecular formula is C17H19NO. The van der Waals surface area contributed by atoms with Crippen molar-refractivity contribution in [2.45, 2.75) is 25.2 Å². The first-order valence-corrected chi connectivity index (χ1v) is 6.65. The first kappa shape index (κ1) is 13.3. The maximum Gasteiger partial charge on any atom is 0.217 e. The molecule has 2 aromatic carbocycles. The summed E-state index contributed by atoms with van der Waals surface area (Å²) in [6, 6.07) is 20.8. The van der Waals surface area contributed by atoms with E-state index in [4.69, 9.17) is 5.73 Å². The van der Waals surface area contributed by atoms with Crippen LogP contribution in [0.5, 0.6) is 0 Å². The summed E-state index contributed by atoms with van der Waals surface area (Å²) in [5.41, 5.74) is 7.80. The Morgan fingerprint density at radius 1 is 0.895 bits per heavy atom. The number of amides is 1. The van der Waals surface area contributed by atoms with Gasteiger partial charge in [0.05, 0.1) is 0 Å². The second kappa shape index (κ2) is 6.74. The molecule has 2 rings (SSSR count). The van der Waals surface area contributed by atoms with Crippen molar-refractivity contribution in [3.8, 4) is 0 Å². The lowest BCUT2D eigenvalue weighted by atomic mass is 9.87. The number of primary amides is 1. The molecule has 0 aliphatic heterocycles. The maximum absolute atomic E-state index is 10.9. The number of hydrogen-bond acceptors (Lipinski definition) is 1. The van der Waals surface area contributed by atoms with Crippen molar-refractivity contribution in [3.05, 3.63) is 71.8 Å². The van der Waals surface area contributed by atoms with Gasteiger partial charge in [-0.1, -0.05) is 60.7 Å². The Hall–Kier alpha value is -2.09. The summed E-state index contributed by atoms with van der Waals surface area (Å²) < 4.78 is 0. The van der Waals surface area contributed by atoms with Gasteiger partial charge in [0.25, 0.3) is 0 Å². The van der Waals surface area contributed by atoms with E-state index in [1.807, 2.05) is 12.1 Å². The summed E-state index contributed by atoms with van der Waals surface area (Å²) in [6.45, 7) is 0. The molecule has 0 unspecified atom stereocenters. The number of carbonyl (C=O) groups is 1. The van der Waals surface area contributed by atoms with Crippen LogP contribution in [0.25, 0.3) is 0 Å². The summed E-state index contributed by atoms with van der Waals surface area (Å²) in [4.78, 5) is 10.9. The van der Waals surface area contributed by atoms with Crippen LogP contribution in [-0.2, 0) is 4.79 Å². The second-order valence-corrected chi connectivity index (χ2v) is 4.73. The predicted molar refractivity (Wildman–Crippen MR) is 77.8 cm³/mol. The number of carbonyl (C=O) groups excluding carboxylic acids is 1. The van der Waals surface area contributed by atoms with E-state index in [1.165, 1.54) is 11.1 Å². The molecule has 1 amide bonds. The SMILES string of the molecule is NC(=O)CCCC(c1ccccc1)c1ccccc1. The van der Waals surface area contributed by atoms with Gasteiger partial charge >= 0.3 is 0 Å². The van der Waals surface area contributed by atoms with Gasteiger partial charge in [0.15, 0.2) is 0 Å². The Kier molecular flexibility index (Phi) is 4.73. The van der Waals surface area contributed by atoms with E-state index in [9.17, 15) is 4.79 Å². The molecule has 98 valence electrons. The van der Waals surface area contributed by atoms with Crippen LogP contribution in [-0.4, -0.2) is 5.91 Å². The lowest BCUT2D eigenvalue weighted by molar-refractivity contribution is -0.118. The summed E-state index contributed by atoms with van der Waals surface area (Å²) in [6.07, 6.45) is 2.22. The van der Waals surface area contributed by atoms with Gasteiger partial charge < -0.3 is 5.73 Å². The molecular weight excluding hydrogens is 234 g/mol. The minimum absolute atomic E-state index is 0.222. The molecule has 0 aliphatic rings. The summed E-state index contributed by atoms with van der Waals surface area (Å²) in [5, 5.41) is 0. The fraction of sp³-hybridized carbons (Fsp3) is 0.235. The molecule has 2 N–H and O–H groups in total. The normalized spacial score (nSPS) is 10.6. The molecule has 0 aliphatic carbocycles. The Morgan fingerprint density at radius 2 is 1.37 bits per heavy atom. The van der Waals surface area contributed by atoms with Crippen LogP contribution in [0.1, 0.15) is 36.3 Å². The highest BCUT2D eigenvalue weighted by atomic mass is 16.1. The average Bonchev–Trinajstić information content (AvgIpc) is 2.45. The van der Waals surface area contributed by atoms with Crippen LogP contribution in [0.4, 0.5) is 0 Å². The molecule has 0 bridgehead atoms. The monoisotopic (exact) mass is 253 g/mol. The van der Waals surface area contributed by atoms with Crippen molar-refractivity contribution in [1.29, 1.82) is 0 Å². The summed E-state index contributed by atoms with van der Waals surface area (Å²) >= 11 is 0. The lowest BCUT2D eigenvalue weighted by Gasteiger charge is -2.17. The van der Waals surface area contributed by atoms with E-state index in [0.29, 0.717) is 12.3 Å². The quantitative estimate of drug-likeness (QED) is 0.841. The van der Waals surface area contributed by atoms with Crippen LogP contribution in [0.15, 0.2) is 60.7 Å². The van der Waals surface area contributed by atoms with E-state index < -0.39 is 0 Å². The zero-order valence-corrected chi connectivity index (χ0v) is 11.0. The minimum atomic E-state index is -0.222. The van der Waals surface area contributed by atoms with Gasteiger partial charge in [0.2, 0.25) is 5.91 Å². The molecule has 0 fully saturated rings. The van der Waals surface area contributed by atoms with Gasteiger partial charge in [-0.25, -0.2) is 0 Å². The fourth-order valence-corrected chi connectivity index (χ4v) is 2.38. The Balaban J connectivity index is 2.17. The van der Waals surface area contributed by atoms with Gasteiger partial charge in [-0.15, -0.1) is 0 Å². The van der Waals surface area contributed by atoms with E-state index >= 15 is 0 Å². The third-order valence-corrected chi connectivity index (χ3v) is 3.32. The van der Waals surface area contributed by atoms with Gasteiger partial charge in [0, 0.05) is 12.3 Å². The van der Waals surface area contributed by atoms with Crippen LogP contribution < -0.4 is 5.73 Å². The molecule has 0 aromatic heterocycles.